The number of carbonyl (C=O) groups excluding carboxylic acids is 1. The average Bonchev–Trinajstić information content (AvgIpc) is 2.45. The number of benzene rings is 1. The van der Waals surface area contributed by atoms with Gasteiger partial charge in [-0.15, -0.1) is 0 Å². The molecule has 2 aromatic rings. The van der Waals surface area contributed by atoms with E-state index in [0.717, 1.165) is 4.57 Å². The van der Waals surface area contributed by atoms with Crippen molar-refractivity contribution in [2.24, 2.45) is 14.1 Å². The van der Waals surface area contributed by atoms with E-state index >= 15 is 0 Å². The van der Waals surface area contributed by atoms with Crippen LogP contribution in [-0.2, 0) is 14.1 Å². The van der Waals surface area contributed by atoms with Gasteiger partial charge in [0.15, 0.2) is 0 Å². The Kier molecular flexibility index (Phi) is 4.34. The zero-order valence-corrected chi connectivity index (χ0v) is 13.5. The quantitative estimate of drug-likeness (QED) is 0.873. The number of amides is 1. The monoisotopic (exact) mass is 371 g/mol. The summed E-state index contributed by atoms with van der Waals surface area (Å²) in [7, 11) is 2.78. The minimum absolute atomic E-state index is 0.143. The molecule has 1 aromatic carbocycles. The molecular formula is C13H11BrClN3O3. The molecule has 0 saturated heterocycles. The van der Waals surface area contributed by atoms with Crippen molar-refractivity contribution in [1.82, 2.24) is 9.13 Å². The maximum atomic E-state index is 12.2. The van der Waals surface area contributed by atoms with E-state index in [4.69, 9.17) is 11.6 Å². The molecule has 2 rings (SSSR count). The normalized spacial score (nSPS) is 10.5. The van der Waals surface area contributed by atoms with Crippen LogP contribution in [0.15, 0.2) is 38.5 Å². The Bertz CT molecular complexity index is 842. The second kappa shape index (κ2) is 5.87. The Balaban J connectivity index is 2.45. The summed E-state index contributed by atoms with van der Waals surface area (Å²) in [6.07, 6.45) is 1.20. The van der Waals surface area contributed by atoms with Gasteiger partial charge in [0.05, 0.1) is 10.7 Å². The third-order valence-corrected chi connectivity index (χ3v) is 4.19. The van der Waals surface area contributed by atoms with E-state index in [1.807, 2.05) is 0 Å². The van der Waals surface area contributed by atoms with Gasteiger partial charge in [-0.1, -0.05) is 17.7 Å². The summed E-state index contributed by atoms with van der Waals surface area (Å²) in [4.78, 5) is 35.8. The Morgan fingerprint density at radius 3 is 2.62 bits per heavy atom. The van der Waals surface area contributed by atoms with Crippen molar-refractivity contribution in [3.05, 3.63) is 60.3 Å². The predicted octanol–water partition coefficient (Wildman–Crippen LogP) is 1.75. The standard InChI is InChI=1S/C13H11BrClN3O3/c1-17-6-7(12(20)18(2)13(17)21)11(19)16-9-5-3-4-8(14)10(9)15/h3-6H,1-2H3,(H,16,19). The smallest absolute Gasteiger partial charge is 0.320 e. The van der Waals surface area contributed by atoms with E-state index < -0.39 is 17.2 Å². The molecule has 1 aromatic heterocycles. The van der Waals surface area contributed by atoms with Crippen molar-refractivity contribution in [2.45, 2.75) is 0 Å². The first-order valence-corrected chi connectivity index (χ1v) is 7.02. The molecule has 21 heavy (non-hydrogen) atoms. The third kappa shape index (κ3) is 2.93. The summed E-state index contributed by atoms with van der Waals surface area (Å²) in [6, 6.07) is 5.03. The van der Waals surface area contributed by atoms with Gasteiger partial charge < -0.3 is 9.88 Å². The predicted molar refractivity (Wildman–Crippen MR) is 84.0 cm³/mol. The molecule has 0 aliphatic carbocycles. The fraction of sp³-hybridized carbons (Fsp3) is 0.154. The number of aromatic nitrogens is 2. The Hall–Kier alpha value is -1.86. The van der Waals surface area contributed by atoms with Gasteiger partial charge in [0.1, 0.15) is 5.56 Å². The third-order valence-electron chi connectivity index (χ3n) is 2.89. The van der Waals surface area contributed by atoms with Gasteiger partial charge in [0.25, 0.3) is 11.5 Å². The Morgan fingerprint density at radius 2 is 1.95 bits per heavy atom. The van der Waals surface area contributed by atoms with Crippen LogP contribution in [0.2, 0.25) is 5.02 Å². The van der Waals surface area contributed by atoms with Crippen molar-refractivity contribution in [2.75, 3.05) is 5.32 Å². The molecule has 6 nitrogen and oxygen atoms in total. The van der Waals surface area contributed by atoms with E-state index in [0.29, 0.717) is 15.2 Å². The Labute approximate surface area is 133 Å². The molecule has 0 aliphatic rings. The number of aryl methyl sites for hydroxylation is 1. The molecule has 110 valence electrons. The molecular weight excluding hydrogens is 362 g/mol. The maximum absolute atomic E-state index is 12.2. The number of hydrogen-bond acceptors (Lipinski definition) is 3. The molecule has 0 bridgehead atoms. The van der Waals surface area contributed by atoms with E-state index in [1.165, 1.54) is 24.9 Å². The van der Waals surface area contributed by atoms with Crippen LogP contribution in [0.1, 0.15) is 10.4 Å². The number of hydrogen-bond donors (Lipinski definition) is 1. The molecule has 1 N–H and O–H groups in total. The van der Waals surface area contributed by atoms with Gasteiger partial charge in [-0.3, -0.25) is 14.2 Å². The van der Waals surface area contributed by atoms with Crippen LogP contribution >= 0.6 is 27.5 Å². The fourth-order valence-corrected chi connectivity index (χ4v) is 2.29. The SMILES string of the molecule is Cn1cc(C(=O)Nc2cccc(Br)c2Cl)c(=O)n(C)c1=O. The van der Waals surface area contributed by atoms with Crippen molar-refractivity contribution < 1.29 is 4.79 Å². The summed E-state index contributed by atoms with van der Waals surface area (Å²) < 4.78 is 2.66. The molecule has 0 spiro atoms. The molecule has 0 aliphatic heterocycles. The average molecular weight is 373 g/mol. The zero-order valence-electron chi connectivity index (χ0n) is 11.2. The lowest BCUT2D eigenvalue weighted by molar-refractivity contribution is 0.102. The van der Waals surface area contributed by atoms with Crippen LogP contribution in [-0.4, -0.2) is 15.0 Å². The van der Waals surface area contributed by atoms with Crippen LogP contribution in [0.25, 0.3) is 0 Å². The summed E-state index contributed by atoms with van der Waals surface area (Å²) >= 11 is 9.30. The van der Waals surface area contributed by atoms with Crippen LogP contribution in [0.3, 0.4) is 0 Å². The van der Waals surface area contributed by atoms with Crippen molar-refractivity contribution >= 4 is 39.1 Å². The van der Waals surface area contributed by atoms with Gasteiger partial charge >= 0.3 is 5.69 Å². The molecule has 1 heterocycles. The fourth-order valence-electron chi connectivity index (χ4n) is 1.75. The van der Waals surface area contributed by atoms with Crippen molar-refractivity contribution in [3.63, 3.8) is 0 Å². The van der Waals surface area contributed by atoms with Crippen LogP contribution < -0.4 is 16.6 Å². The summed E-state index contributed by atoms with van der Waals surface area (Å²) in [5.41, 5.74) is -0.943. The maximum Gasteiger partial charge on any atom is 0.330 e. The number of halogens is 2. The first-order chi connectivity index (χ1) is 9.82. The summed E-state index contributed by atoms with van der Waals surface area (Å²) in [5.74, 6) is -0.633. The van der Waals surface area contributed by atoms with Gasteiger partial charge in [-0.05, 0) is 28.1 Å². The van der Waals surface area contributed by atoms with E-state index in [9.17, 15) is 14.4 Å². The van der Waals surface area contributed by atoms with Gasteiger partial charge in [0.2, 0.25) is 0 Å². The second-order valence-corrected chi connectivity index (χ2v) is 5.59. The number of nitrogens with zero attached hydrogens (tertiary/aromatic N) is 2. The van der Waals surface area contributed by atoms with Crippen molar-refractivity contribution in [1.29, 1.82) is 0 Å². The first kappa shape index (κ1) is 15.5. The number of anilines is 1. The molecule has 0 unspecified atom stereocenters. The lowest BCUT2D eigenvalue weighted by Crippen LogP contribution is -2.40. The summed E-state index contributed by atoms with van der Waals surface area (Å²) in [6.45, 7) is 0. The van der Waals surface area contributed by atoms with E-state index in [1.54, 1.807) is 18.2 Å². The first-order valence-electron chi connectivity index (χ1n) is 5.85. The highest BCUT2D eigenvalue weighted by Gasteiger charge is 2.16. The lowest BCUT2D eigenvalue weighted by atomic mass is 10.2. The largest absolute Gasteiger partial charge is 0.330 e. The zero-order chi connectivity index (χ0) is 15.7. The second-order valence-electron chi connectivity index (χ2n) is 4.36. The number of carbonyl (C=O) groups is 1. The molecule has 8 heteroatoms. The summed E-state index contributed by atoms with van der Waals surface area (Å²) in [5, 5.41) is 2.88. The molecule has 0 atom stereocenters. The highest BCUT2D eigenvalue weighted by molar-refractivity contribution is 9.10. The van der Waals surface area contributed by atoms with E-state index in [-0.39, 0.29) is 5.56 Å². The molecule has 0 radical (unpaired) electrons. The Morgan fingerprint density at radius 1 is 1.29 bits per heavy atom. The topological polar surface area (TPSA) is 73.1 Å². The molecule has 1 amide bonds. The van der Waals surface area contributed by atoms with Gasteiger partial charge in [0, 0.05) is 24.8 Å². The van der Waals surface area contributed by atoms with Crippen LogP contribution in [0, 0.1) is 0 Å². The van der Waals surface area contributed by atoms with Crippen LogP contribution in [0.5, 0.6) is 0 Å². The number of rotatable bonds is 2. The van der Waals surface area contributed by atoms with Crippen molar-refractivity contribution in [3.8, 4) is 0 Å². The molecule has 0 saturated carbocycles. The minimum atomic E-state index is -0.665. The lowest BCUT2D eigenvalue weighted by Gasteiger charge is -2.09. The minimum Gasteiger partial charge on any atom is -0.320 e. The molecule has 0 fully saturated rings. The highest BCUT2D eigenvalue weighted by atomic mass is 79.9. The number of nitrogens with one attached hydrogen (secondary N) is 1. The van der Waals surface area contributed by atoms with Gasteiger partial charge in [-0.25, -0.2) is 4.79 Å². The highest BCUT2D eigenvalue weighted by Crippen LogP contribution is 2.29. The van der Waals surface area contributed by atoms with Crippen LogP contribution in [0.4, 0.5) is 5.69 Å². The van der Waals surface area contributed by atoms with Gasteiger partial charge in [-0.2, -0.15) is 0 Å². The van der Waals surface area contributed by atoms with E-state index in [2.05, 4.69) is 21.2 Å².